The predicted molar refractivity (Wildman–Crippen MR) is 89.4 cm³/mol. The lowest BCUT2D eigenvalue weighted by Crippen LogP contribution is -2.15. The van der Waals surface area contributed by atoms with Crippen molar-refractivity contribution in [2.45, 2.75) is 33.4 Å². The molecule has 0 saturated carbocycles. The van der Waals surface area contributed by atoms with Crippen LogP contribution in [0.25, 0.3) is 0 Å². The van der Waals surface area contributed by atoms with Gasteiger partial charge in [0.15, 0.2) is 0 Å². The van der Waals surface area contributed by atoms with Crippen LogP contribution >= 0.6 is 15.9 Å². The van der Waals surface area contributed by atoms with E-state index in [1.54, 1.807) is 0 Å². The first-order valence-corrected chi connectivity index (χ1v) is 8.03. The van der Waals surface area contributed by atoms with Crippen LogP contribution in [0.15, 0.2) is 40.9 Å². The molecule has 0 fully saturated rings. The van der Waals surface area contributed by atoms with Gasteiger partial charge in [0.05, 0.1) is 12.3 Å². The molecule has 1 heterocycles. The summed E-state index contributed by atoms with van der Waals surface area (Å²) in [6.45, 7) is 6.37. The van der Waals surface area contributed by atoms with Gasteiger partial charge in [-0.3, -0.25) is 4.98 Å². The number of aromatic nitrogens is 1. The summed E-state index contributed by atoms with van der Waals surface area (Å²) in [5, 5.41) is 3.43. The smallest absolute Gasteiger partial charge is 0.123 e. The molecule has 21 heavy (non-hydrogen) atoms. The van der Waals surface area contributed by atoms with Crippen molar-refractivity contribution in [2.24, 2.45) is 0 Å². The third kappa shape index (κ3) is 5.14. The largest absolute Gasteiger partial charge is 0.493 e. The van der Waals surface area contributed by atoms with Gasteiger partial charge in [0.25, 0.3) is 0 Å². The zero-order chi connectivity index (χ0) is 15.1. The maximum atomic E-state index is 5.79. The van der Waals surface area contributed by atoms with Crippen molar-refractivity contribution in [3.63, 3.8) is 0 Å². The van der Waals surface area contributed by atoms with E-state index in [-0.39, 0.29) is 0 Å². The molecule has 112 valence electrons. The first kappa shape index (κ1) is 16.0. The van der Waals surface area contributed by atoms with Crippen molar-refractivity contribution in [1.29, 1.82) is 0 Å². The van der Waals surface area contributed by atoms with E-state index in [4.69, 9.17) is 4.74 Å². The second-order valence-electron chi connectivity index (χ2n) is 4.97. The van der Waals surface area contributed by atoms with Gasteiger partial charge in [-0.2, -0.15) is 0 Å². The number of pyridine rings is 1. The molecule has 0 aliphatic heterocycles. The summed E-state index contributed by atoms with van der Waals surface area (Å²) < 4.78 is 6.85. The van der Waals surface area contributed by atoms with E-state index in [1.807, 2.05) is 37.3 Å². The maximum Gasteiger partial charge on any atom is 0.123 e. The van der Waals surface area contributed by atoms with Crippen LogP contribution in [0.2, 0.25) is 0 Å². The van der Waals surface area contributed by atoms with Gasteiger partial charge < -0.3 is 10.1 Å². The number of hydrogen-bond donors (Lipinski definition) is 1. The number of nitrogens with one attached hydrogen (secondary N) is 1. The third-order valence-corrected chi connectivity index (χ3v) is 3.55. The van der Waals surface area contributed by atoms with Crippen LogP contribution in [-0.4, -0.2) is 11.6 Å². The molecule has 1 aromatic heterocycles. The normalized spacial score (nSPS) is 10.6. The van der Waals surface area contributed by atoms with Crippen molar-refractivity contribution in [3.8, 4) is 5.75 Å². The minimum absolute atomic E-state index is 0.744. The van der Waals surface area contributed by atoms with Crippen molar-refractivity contribution in [1.82, 2.24) is 10.3 Å². The van der Waals surface area contributed by atoms with E-state index in [0.717, 1.165) is 53.3 Å². The van der Waals surface area contributed by atoms with Crippen LogP contribution in [0.5, 0.6) is 5.75 Å². The van der Waals surface area contributed by atoms with Crippen LogP contribution < -0.4 is 10.1 Å². The highest BCUT2D eigenvalue weighted by Crippen LogP contribution is 2.23. The van der Waals surface area contributed by atoms with E-state index < -0.39 is 0 Å². The Bertz CT molecular complexity index is 587. The van der Waals surface area contributed by atoms with Gasteiger partial charge in [-0.1, -0.05) is 28.9 Å². The zero-order valence-corrected chi connectivity index (χ0v) is 14.1. The molecular weight excluding hydrogens is 328 g/mol. The Morgan fingerprint density at radius 2 is 2.05 bits per heavy atom. The van der Waals surface area contributed by atoms with Gasteiger partial charge in [0.1, 0.15) is 5.75 Å². The van der Waals surface area contributed by atoms with Gasteiger partial charge >= 0.3 is 0 Å². The topological polar surface area (TPSA) is 34.1 Å². The summed E-state index contributed by atoms with van der Waals surface area (Å²) in [6, 6.07) is 12.2. The number of benzene rings is 1. The van der Waals surface area contributed by atoms with Gasteiger partial charge in [0.2, 0.25) is 0 Å². The Hall–Kier alpha value is -1.39. The van der Waals surface area contributed by atoms with Crippen LogP contribution in [-0.2, 0) is 13.1 Å². The molecule has 0 aliphatic carbocycles. The van der Waals surface area contributed by atoms with Crippen molar-refractivity contribution < 1.29 is 4.74 Å². The first-order chi connectivity index (χ1) is 10.2. The number of rotatable bonds is 7. The van der Waals surface area contributed by atoms with E-state index in [9.17, 15) is 0 Å². The molecule has 2 rings (SSSR count). The lowest BCUT2D eigenvalue weighted by Gasteiger charge is -2.12. The van der Waals surface area contributed by atoms with Gasteiger partial charge in [-0.15, -0.1) is 0 Å². The van der Waals surface area contributed by atoms with Crippen LogP contribution in [0.3, 0.4) is 0 Å². The Balaban J connectivity index is 1.97. The monoisotopic (exact) mass is 348 g/mol. The van der Waals surface area contributed by atoms with E-state index >= 15 is 0 Å². The molecule has 0 atom stereocenters. The summed E-state index contributed by atoms with van der Waals surface area (Å²) in [7, 11) is 0. The third-order valence-electron chi connectivity index (χ3n) is 3.05. The fourth-order valence-electron chi connectivity index (χ4n) is 2.06. The molecule has 1 aromatic carbocycles. The lowest BCUT2D eigenvalue weighted by atomic mass is 10.2. The summed E-state index contributed by atoms with van der Waals surface area (Å²) in [5.74, 6) is 0.949. The molecule has 0 radical (unpaired) electrons. The maximum absolute atomic E-state index is 5.79. The second-order valence-corrected chi connectivity index (χ2v) is 5.89. The molecule has 0 unspecified atom stereocenters. The number of halogens is 1. The summed E-state index contributed by atoms with van der Waals surface area (Å²) in [5.41, 5.74) is 3.26. The average Bonchev–Trinajstić information content (AvgIpc) is 2.46. The number of nitrogens with zero attached hydrogens (tertiary/aromatic N) is 1. The average molecular weight is 349 g/mol. The zero-order valence-electron chi connectivity index (χ0n) is 12.5. The highest BCUT2D eigenvalue weighted by atomic mass is 79.9. The fraction of sp³-hybridized carbons (Fsp3) is 0.353. The molecule has 2 aromatic rings. The quantitative estimate of drug-likeness (QED) is 0.812. The van der Waals surface area contributed by atoms with Gasteiger partial charge in [0, 0.05) is 28.8 Å². The summed E-state index contributed by atoms with van der Waals surface area (Å²) >= 11 is 3.52. The predicted octanol–water partition coefficient (Wildman–Crippen LogP) is 4.23. The fourth-order valence-corrected chi connectivity index (χ4v) is 2.47. The Morgan fingerprint density at radius 3 is 2.81 bits per heavy atom. The summed E-state index contributed by atoms with van der Waals surface area (Å²) in [6.07, 6.45) is 1.01. The van der Waals surface area contributed by atoms with Crippen molar-refractivity contribution >= 4 is 15.9 Å². The number of ether oxygens (including phenoxy) is 1. The highest BCUT2D eigenvalue weighted by molar-refractivity contribution is 9.10. The van der Waals surface area contributed by atoms with Gasteiger partial charge in [-0.25, -0.2) is 0 Å². The number of aryl methyl sites for hydroxylation is 1. The molecule has 0 bridgehead atoms. The minimum atomic E-state index is 0.744. The van der Waals surface area contributed by atoms with E-state index in [0.29, 0.717) is 0 Å². The molecule has 0 aliphatic rings. The molecule has 3 nitrogen and oxygen atoms in total. The van der Waals surface area contributed by atoms with Crippen molar-refractivity contribution in [3.05, 3.63) is 57.8 Å². The Morgan fingerprint density at radius 1 is 1.19 bits per heavy atom. The van der Waals surface area contributed by atoms with E-state index in [1.165, 1.54) is 0 Å². The molecule has 4 heteroatoms. The standard InChI is InChI=1S/C17H21BrN2O/c1-3-9-21-17-8-7-15(18)10-14(17)11-19-12-16-6-4-5-13(2)20-16/h4-8,10,19H,3,9,11-12H2,1-2H3. The van der Waals surface area contributed by atoms with Crippen LogP contribution in [0.4, 0.5) is 0 Å². The molecule has 0 spiro atoms. The van der Waals surface area contributed by atoms with Crippen LogP contribution in [0, 0.1) is 6.92 Å². The van der Waals surface area contributed by atoms with Crippen molar-refractivity contribution in [2.75, 3.05) is 6.61 Å². The highest BCUT2D eigenvalue weighted by Gasteiger charge is 2.05. The molecule has 0 saturated heterocycles. The molecular formula is C17H21BrN2O. The second kappa shape index (κ2) is 8.15. The van der Waals surface area contributed by atoms with Crippen LogP contribution in [0.1, 0.15) is 30.3 Å². The lowest BCUT2D eigenvalue weighted by molar-refractivity contribution is 0.313. The Labute approximate surface area is 134 Å². The number of hydrogen-bond acceptors (Lipinski definition) is 3. The Kier molecular flexibility index (Phi) is 6.21. The minimum Gasteiger partial charge on any atom is -0.493 e. The van der Waals surface area contributed by atoms with Gasteiger partial charge in [-0.05, 0) is 43.7 Å². The van der Waals surface area contributed by atoms with E-state index in [2.05, 4.69) is 39.2 Å². The SMILES string of the molecule is CCCOc1ccc(Br)cc1CNCc1cccc(C)n1. The summed E-state index contributed by atoms with van der Waals surface area (Å²) in [4.78, 5) is 4.49. The molecule has 1 N–H and O–H groups in total. The molecule has 0 amide bonds. The first-order valence-electron chi connectivity index (χ1n) is 7.23.